The topological polar surface area (TPSA) is 35.2 Å². The van der Waals surface area contributed by atoms with Crippen LogP contribution in [0.1, 0.15) is 58.8 Å². The Kier molecular flexibility index (Phi) is 5.62. The fourth-order valence-electron chi connectivity index (χ4n) is 2.54. The van der Waals surface area contributed by atoms with Crippen molar-refractivity contribution in [3.8, 4) is 0 Å². The van der Waals surface area contributed by atoms with Gasteiger partial charge in [0.1, 0.15) is 0 Å². The second-order valence-electron chi connectivity index (χ2n) is 5.14. The first-order chi connectivity index (χ1) is 7.22. The smallest absolute Gasteiger partial charge is 0.0806 e. The molecule has 2 atom stereocenters. The fourth-order valence-corrected chi connectivity index (χ4v) is 2.54. The maximum atomic E-state index is 6.03. The van der Waals surface area contributed by atoms with Crippen LogP contribution in [0, 0.1) is 5.92 Å². The van der Waals surface area contributed by atoms with Gasteiger partial charge in [-0.2, -0.15) is 0 Å². The summed E-state index contributed by atoms with van der Waals surface area (Å²) in [6.45, 7) is 6.15. The molecule has 15 heavy (non-hydrogen) atoms. The summed E-state index contributed by atoms with van der Waals surface area (Å²) in [5.41, 5.74) is 5.88. The van der Waals surface area contributed by atoms with Gasteiger partial charge >= 0.3 is 0 Å². The van der Waals surface area contributed by atoms with Crippen LogP contribution in [0.2, 0.25) is 0 Å². The number of ether oxygens (including phenoxy) is 1. The Hall–Kier alpha value is -0.0800. The van der Waals surface area contributed by atoms with Crippen molar-refractivity contribution in [1.29, 1.82) is 0 Å². The average Bonchev–Trinajstić information content (AvgIpc) is 2.61. The molecule has 2 N–H and O–H groups in total. The maximum Gasteiger partial charge on any atom is 0.0806 e. The molecule has 2 nitrogen and oxygen atoms in total. The lowest BCUT2D eigenvalue weighted by molar-refractivity contribution is -0.0374. The van der Waals surface area contributed by atoms with Gasteiger partial charge in [-0.15, -0.1) is 0 Å². The first kappa shape index (κ1) is 13.0. The highest BCUT2D eigenvalue weighted by Gasteiger charge is 2.36. The molecule has 2 unspecified atom stereocenters. The van der Waals surface area contributed by atoms with E-state index in [1.807, 2.05) is 0 Å². The highest BCUT2D eigenvalue weighted by Crippen LogP contribution is 2.36. The largest absolute Gasteiger partial charge is 0.374 e. The van der Waals surface area contributed by atoms with Crippen LogP contribution < -0.4 is 5.73 Å². The van der Waals surface area contributed by atoms with Crippen molar-refractivity contribution < 1.29 is 4.74 Å². The van der Waals surface area contributed by atoms with Gasteiger partial charge in [0.05, 0.1) is 5.60 Å². The molecule has 0 aromatic rings. The van der Waals surface area contributed by atoms with Crippen molar-refractivity contribution in [3.63, 3.8) is 0 Å². The van der Waals surface area contributed by atoms with E-state index in [0.717, 1.165) is 18.9 Å². The zero-order valence-corrected chi connectivity index (χ0v) is 10.4. The molecule has 1 saturated carbocycles. The van der Waals surface area contributed by atoms with E-state index in [1.54, 1.807) is 0 Å². The van der Waals surface area contributed by atoms with Crippen molar-refractivity contribution >= 4 is 0 Å². The van der Waals surface area contributed by atoms with Gasteiger partial charge in [0.2, 0.25) is 0 Å². The van der Waals surface area contributed by atoms with Crippen molar-refractivity contribution in [3.05, 3.63) is 0 Å². The van der Waals surface area contributed by atoms with Gasteiger partial charge in [-0.25, -0.2) is 0 Å². The van der Waals surface area contributed by atoms with Crippen LogP contribution in [0.3, 0.4) is 0 Å². The minimum atomic E-state index is 0.0334. The van der Waals surface area contributed by atoms with Crippen molar-refractivity contribution in [2.75, 3.05) is 13.2 Å². The van der Waals surface area contributed by atoms with E-state index >= 15 is 0 Å². The quantitative estimate of drug-likeness (QED) is 0.660. The minimum absolute atomic E-state index is 0.0334. The molecule has 0 bridgehead atoms. The molecule has 1 aliphatic carbocycles. The van der Waals surface area contributed by atoms with Crippen LogP contribution in [-0.2, 0) is 4.74 Å². The molecular formula is C13H27NO. The van der Waals surface area contributed by atoms with Gasteiger partial charge in [0.25, 0.3) is 0 Å². The lowest BCUT2D eigenvalue weighted by Crippen LogP contribution is -2.38. The lowest BCUT2D eigenvalue weighted by atomic mass is 10.0. The first-order valence-electron chi connectivity index (χ1n) is 6.56. The van der Waals surface area contributed by atoms with Crippen LogP contribution in [0.5, 0.6) is 0 Å². The van der Waals surface area contributed by atoms with Crippen LogP contribution >= 0.6 is 0 Å². The second-order valence-corrected chi connectivity index (χ2v) is 5.14. The number of rotatable bonds is 7. The van der Waals surface area contributed by atoms with E-state index in [1.165, 1.54) is 38.5 Å². The summed E-state index contributed by atoms with van der Waals surface area (Å²) in [7, 11) is 0. The Balaban J connectivity index is 2.17. The van der Waals surface area contributed by atoms with E-state index in [0.29, 0.717) is 6.54 Å². The summed E-state index contributed by atoms with van der Waals surface area (Å²) in [5.74, 6) is 0.796. The molecule has 0 aliphatic heterocycles. The fraction of sp³-hybridized carbons (Fsp3) is 1.00. The van der Waals surface area contributed by atoms with Crippen LogP contribution in [-0.4, -0.2) is 18.8 Å². The first-order valence-corrected chi connectivity index (χ1v) is 6.56. The summed E-state index contributed by atoms with van der Waals surface area (Å²) >= 11 is 0. The Morgan fingerprint density at radius 3 is 2.67 bits per heavy atom. The van der Waals surface area contributed by atoms with Crippen LogP contribution in [0.25, 0.3) is 0 Å². The standard InChI is InChI=1S/C13H27NO/c1-3-4-5-6-9-15-13(11-14)8-7-12(2)10-13/h12H,3-11,14H2,1-2H3. The molecule has 0 radical (unpaired) electrons. The van der Waals surface area contributed by atoms with Gasteiger partial charge < -0.3 is 10.5 Å². The van der Waals surface area contributed by atoms with Gasteiger partial charge in [0, 0.05) is 13.2 Å². The predicted octanol–water partition coefficient (Wildman–Crippen LogP) is 3.10. The monoisotopic (exact) mass is 213 g/mol. The molecule has 0 amide bonds. The molecule has 0 heterocycles. The molecular weight excluding hydrogens is 186 g/mol. The lowest BCUT2D eigenvalue weighted by Gasteiger charge is -2.28. The summed E-state index contributed by atoms with van der Waals surface area (Å²) in [5, 5.41) is 0. The van der Waals surface area contributed by atoms with Crippen molar-refractivity contribution in [2.24, 2.45) is 11.7 Å². The van der Waals surface area contributed by atoms with Gasteiger partial charge in [0.15, 0.2) is 0 Å². The van der Waals surface area contributed by atoms with Gasteiger partial charge in [-0.3, -0.25) is 0 Å². The van der Waals surface area contributed by atoms with Crippen LogP contribution in [0.15, 0.2) is 0 Å². The van der Waals surface area contributed by atoms with E-state index in [2.05, 4.69) is 13.8 Å². The van der Waals surface area contributed by atoms with Crippen molar-refractivity contribution in [1.82, 2.24) is 0 Å². The minimum Gasteiger partial charge on any atom is -0.374 e. The molecule has 1 rings (SSSR count). The number of unbranched alkanes of at least 4 members (excludes halogenated alkanes) is 3. The zero-order chi connectivity index (χ0) is 11.1. The molecule has 0 aromatic heterocycles. The third kappa shape index (κ3) is 4.12. The van der Waals surface area contributed by atoms with Crippen molar-refractivity contribution in [2.45, 2.75) is 64.4 Å². The van der Waals surface area contributed by atoms with Gasteiger partial charge in [-0.05, 0) is 31.6 Å². The maximum absolute atomic E-state index is 6.03. The summed E-state index contributed by atoms with van der Waals surface area (Å²) in [6, 6.07) is 0. The summed E-state index contributed by atoms with van der Waals surface area (Å²) in [4.78, 5) is 0. The summed E-state index contributed by atoms with van der Waals surface area (Å²) in [6.07, 6.45) is 8.73. The highest BCUT2D eigenvalue weighted by atomic mass is 16.5. The Labute approximate surface area is 94.6 Å². The van der Waals surface area contributed by atoms with E-state index < -0.39 is 0 Å². The molecule has 1 fully saturated rings. The van der Waals surface area contributed by atoms with Gasteiger partial charge in [-0.1, -0.05) is 33.1 Å². The molecule has 0 aromatic carbocycles. The number of hydrogen-bond donors (Lipinski definition) is 1. The normalized spacial score (nSPS) is 31.0. The highest BCUT2D eigenvalue weighted by molar-refractivity contribution is 4.90. The zero-order valence-electron chi connectivity index (χ0n) is 10.4. The summed E-state index contributed by atoms with van der Waals surface area (Å²) < 4.78 is 6.03. The Morgan fingerprint density at radius 1 is 1.33 bits per heavy atom. The SMILES string of the molecule is CCCCCCOC1(CN)CCC(C)C1. The number of hydrogen-bond acceptors (Lipinski definition) is 2. The molecule has 0 spiro atoms. The second kappa shape index (κ2) is 6.49. The van der Waals surface area contributed by atoms with E-state index in [9.17, 15) is 0 Å². The van der Waals surface area contributed by atoms with E-state index in [4.69, 9.17) is 10.5 Å². The third-order valence-electron chi connectivity index (χ3n) is 3.59. The average molecular weight is 213 g/mol. The van der Waals surface area contributed by atoms with E-state index in [-0.39, 0.29) is 5.60 Å². The Morgan fingerprint density at radius 2 is 2.13 bits per heavy atom. The number of nitrogens with two attached hydrogens (primary N) is 1. The Bertz CT molecular complexity index is 172. The van der Waals surface area contributed by atoms with Crippen LogP contribution in [0.4, 0.5) is 0 Å². The predicted molar refractivity (Wildman–Crippen MR) is 64.9 cm³/mol. The third-order valence-corrected chi connectivity index (χ3v) is 3.59. The molecule has 90 valence electrons. The molecule has 0 saturated heterocycles. The molecule has 1 aliphatic rings. The molecule has 2 heteroatoms.